The highest BCUT2D eigenvalue weighted by Crippen LogP contribution is 2.42. The van der Waals surface area contributed by atoms with Gasteiger partial charge in [0.25, 0.3) is 6.36 Å². The molecule has 0 rings (SSSR count). The quantitative estimate of drug-likeness (QED) is 0.573. The molecule has 10 heteroatoms. The van der Waals surface area contributed by atoms with Crippen LogP contribution >= 0.6 is 15.9 Å². The van der Waals surface area contributed by atoms with E-state index in [9.17, 15) is 35.1 Å². The predicted octanol–water partition coefficient (Wildman–Crippen LogP) is 3.44. The number of rotatable bonds is 3. The van der Waals surface area contributed by atoms with E-state index < -0.39 is 23.5 Å². The van der Waals surface area contributed by atoms with E-state index in [4.69, 9.17) is 0 Å². The number of hydrogen-bond donors (Lipinski definition) is 0. The summed E-state index contributed by atoms with van der Waals surface area (Å²) in [5.41, 5.74) is 0. The van der Waals surface area contributed by atoms with Crippen molar-refractivity contribution in [3.05, 3.63) is 0 Å². The van der Waals surface area contributed by atoms with Gasteiger partial charge in [-0.15, -0.1) is 0 Å². The zero-order valence-electron chi connectivity index (χ0n) is 5.89. The van der Waals surface area contributed by atoms with Crippen LogP contribution in [0.4, 0.5) is 35.1 Å². The Morgan fingerprint density at radius 3 is 1.50 bits per heavy atom. The van der Waals surface area contributed by atoms with E-state index in [1.165, 1.54) is 0 Å². The first kappa shape index (κ1) is 13.9. The molecule has 0 heterocycles. The minimum atomic E-state index is -5.79. The maximum Gasteiger partial charge on any atom is 0.445 e. The van der Waals surface area contributed by atoms with Crippen LogP contribution in [0.3, 0.4) is 0 Å². The molecule has 0 saturated heterocycles. The monoisotopic (exact) mass is 296 g/mol. The highest BCUT2D eigenvalue weighted by molar-refractivity contribution is 9.10. The summed E-state index contributed by atoms with van der Waals surface area (Å²) in [5, 5.41) is 0. The molecule has 0 N–H and O–H groups in total. The van der Waals surface area contributed by atoms with Gasteiger partial charge >= 0.3 is 17.1 Å². The summed E-state index contributed by atoms with van der Waals surface area (Å²) in [5.74, 6) is 0. The molecule has 0 aromatic carbocycles. The van der Waals surface area contributed by atoms with Crippen LogP contribution in [-0.2, 0) is 4.74 Å². The van der Waals surface area contributed by atoms with Crippen LogP contribution in [0, 0.1) is 0 Å². The molecule has 1 atom stereocenters. The van der Waals surface area contributed by atoms with Crippen molar-refractivity contribution in [1.82, 2.24) is 0 Å². The lowest BCUT2D eigenvalue weighted by Gasteiger charge is -2.23. The van der Waals surface area contributed by atoms with Gasteiger partial charge in [-0.05, 0) is 0 Å². The van der Waals surface area contributed by atoms with Crippen molar-refractivity contribution in [1.29, 1.82) is 0 Å². The summed E-state index contributed by atoms with van der Waals surface area (Å²) in [4.78, 5) is -5.09. The predicted molar refractivity (Wildman–Crippen MR) is 30.9 cm³/mol. The topological polar surface area (TPSA) is 9.23 Å². The van der Waals surface area contributed by atoms with Crippen molar-refractivity contribution in [2.75, 3.05) is 0 Å². The lowest BCUT2D eigenvalue weighted by atomic mass is 10.6. The molecular weight excluding hydrogens is 296 g/mol. The molecule has 0 saturated carbocycles. The van der Waals surface area contributed by atoms with Crippen molar-refractivity contribution in [3.8, 4) is 0 Å². The Balaban J connectivity index is 4.53. The zero-order chi connectivity index (χ0) is 11.8. The molecule has 0 unspecified atom stereocenters. The zero-order valence-corrected chi connectivity index (χ0v) is 7.47. The fourth-order valence-corrected chi connectivity index (χ4v) is 0.357. The van der Waals surface area contributed by atoms with Gasteiger partial charge in [0.15, 0.2) is 0 Å². The van der Waals surface area contributed by atoms with Crippen molar-refractivity contribution in [2.24, 2.45) is 0 Å². The molecule has 0 aliphatic carbocycles. The van der Waals surface area contributed by atoms with Crippen LogP contribution in [0.5, 0.6) is 0 Å². The molecule has 0 aromatic rings. The van der Waals surface area contributed by atoms with E-state index in [0.717, 1.165) is 15.9 Å². The molecule has 0 aromatic heterocycles. The van der Waals surface area contributed by atoms with Crippen molar-refractivity contribution in [3.63, 3.8) is 0 Å². The molecular formula is C4HBrF8O. The summed E-state index contributed by atoms with van der Waals surface area (Å²) >= 11 is 1.05. The lowest BCUT2D eigenvalue weighted by Crippen LogP contribution is -2.43. The third-order valence-corrected chi connectivity index (χ3v) is 1.30. The van der Waals surface area contributed by atoms with Crippen molar-refractivity contribution in [2.45, 2.75) is 23.5 Å². The highest BCUT2D eigenvalue weighted by atomic mass is 79.9. The van der Waals surface area contributed by atoms with Crippen LogP contribution in [0.15, 0.2) is 0 Å². The third kappa shape index (κ3) is 3.56. The summed E-state index contributed by atoms with van der Waals surface area (Å²) < 4.78 is 95.2. The van der Waals surface area contributed by atoms with Gasteiger partial charge in [-0.1, -0.05) is 0 Å². The first-order valence-electron chi connectivity index (χ1n) is 2.71. The van der Waals surface area contributed by atoms with Gasteiger partial charge in [0, 0.05) is 15.9 Å². The van der Waals surface area contributed by atoms with Crippen LogP contribution in [-0.4, -0.2) is 23.5 Å². The molecule has 86 valence electrons. The summed E-state index contributed by atoms with van der Waals surface area (Å²) in [6, 6.07) is 0. The fraction of sp³-hybridized carbons (Fsp3) is 1.00. The second kappa shape index (κ2) is 3.80. The summed E-state index contributed by atoms with van der Waals surface area (Å²) in [6.45, 7) is 0. The van der Waals surface area contributed by atoms with E-state index in [2.05, 4.69) is 4.74 Å². The average Bonchev–Trinajstić information content (AvgIpc) is 1.80. The fourth-order valence-electron chi connectivity index (χ4n) is 0.264. The molecule has 0 fully saturated rings. The largest absolute Gasteiger partial charge is 0.445 e. The number of alkyl halides is 9. The number of halogens is 9. The Hall–Kier alpha value is -0.120. The molecule has 0 amide bonds. The van der Waals surface area contributed by atoms with E-state index >= 15 is 0 Å². The van der Waals surface area contributed by atoms with E-state index in [1.807, 2.05) is 0 Å². The van der Waals surface area contributed by atoms with Gasteiger partial charge < -0.3 is 0 Å². The molecule has 0 spiro atoms. The van der Waals surface area contributed by atoms with Gasteiger partial charge in [-0.25, -0.2) is 4.39 Å². The minimum absolute atomic E-state index is 1.05. The van der Waals surface area contributed by atoms with Gasteiger partial charge in [-0.3, -0.25) is 4.74 Å². The van der Waals surface area contributed by atoms with Crippen LogP contribution < -0.4 is 0 Å². The van der Waals surface area contributed by atoms with E-state index in [-0.39, 0.29) is 0 Å². The van der Waals surface area contributed by atoms with Gasteiger partial charge in [0.1, 0.15) is 0 Å². The average molecular weight is 297 g/mol. The minimum Gasteiger partial charge on any atom is -0.271 e. The Bertz CT molecular complexity index is 194. The van der Waals surface area contributed by atoms with Crippen molar-refractivity contribution < 1.29 is 39.9 Å². The van der Waals surface area contributed by atoms with Gasteiger partial charge in [0.2, 0.25) is 0 Å². The normalized spacial score (nSPS) is 16.9. The van der Waals surface area contributed by atoms with Crippen LogP contribution in [0.2, 0.25) is 0 Å². The lowest BCUT2D eigenvalue weighted by molar-refractivity contribution is -0.390. The second-order valence-electron chi connectivity index (χ2n) is 1.99. The standard InChI is InChI=1S/C4HBrF8O/c5-3(10,11)4(12,13)14-1(6)2(7,8)9/h1H/t1-/m1/s1. The first-order valence-corrected chi connectivity index (χ1v) is 3.50. The van der Waals surface area contributed by atoms with E-state index in [1.54, 1.807) is 0 Å². The van der Waals surface area contributed by atoms with Gasteiger partial charge in [0.05, 0.1) is 0 Å². The summed E-state index contributed by atoms with van der Waals surface area (Å²) in [7, 11) is 0. The molecule has 1 nitrogen and oxygen atoms in total. The smallest absolute Gasteiger partial charge is 0.271 e. The third-order valence-electron chi connectivity index (χ3n) is 0.839. The Morgan fingerprint density at radius 1 is 0.929 bits per heavy atom. The molecule has 14 heavy (non-hydrogen) atoms. The Labute approximate surface area is 80.1 Å². The first-order chi connectivity index (χ1) is 5.88. The molecule has 0 aliphatic heterocycles. The number of hydrogen-bond acceptors (Lipinski definition) is 1. The number of ether oxygens (including phenoxy) is 1. The van der Waals surface area contributed by atoms with Crippen LogP contribution in [0.1, 0.15) is 0 Å². The maximum absolute atomic E-state index is 12.0. The molecule has 0 aliphatic rings. The van der Waals surface area contributed by atoms with E-state index in [0.29, 0.717) is 0 Å². The van der Waals surface area contributed by atoms with Crippen LogP contribution in [0.25, 0.3) is 0 Å². The SMILES string of the molecule is F[C@H](OC(F)(F)C(F)(F)Br)C(F)(F)F. The highest BCUT2D eigenvalue weighted by Gasteiger charge is 2.60. The second-order valence-corrected chi connectivity index (χ2v) is 2.99. The van der Waals surface area contributed by atoms with Gasteiger partial charge in [-0.2, -0.15) is 30.7 Å². The summed E-state index contributed by atoms with van der Waals surface area (Å²) in [6.07, 6.45) is -15.9. The molecule has 0 bridgehead atoms. The molecule has 0 radical (unpaired) electrons. The van der Waals surface area contributed by atoms with Crippen molar-refractivity contribution >= 4 is 15.9 Å². The Kier molecular flexibility index (Phi) is 3.76. The maximum atomic E-state index is 12.0. The Morgan fingerprint density at radius 2 is 1.29 bits per heavy atom.